The van der Waals surface area contributed by atoms with E-state index in [0.717, 1.165) is 17.9 Å². The summed E-state index contributed by atoms with van der Waals surface area (Å²) in [7, 11) is 1.70. The normalized spacial score (nSPS) is 10.9. The van der Waals surface area contributed by atoms with Crippen LogP contribution in [0.2, 0.25) is 5.15 Å². The molecule has 1 aromatic carbocycles. The number of nitrogens with zero attached hydrogens (tertiary/aromatic N) is 3. The van der Waals surface area contributed by atoms with Crippen LogP contribution in [0.3, 0.4) is 0 Å². The van der Waals surface area contributed by atoms with Crippen LogP contribution in [0.15, 0.2) is 36.4 Å². The van der Waals surface area contributed by atoms with Crippen LogP contribution in [-0.4, -0.2) is 36.3 Å². The van der Waals surface area contributed by atoms with Gasteiger partial charge in [-0.25, -0.2) is 9.97 Å². The number of methoxy groups -OCH3 is 1. The summed E-state index contributed by atoms with van der Waals surface area (Å²) < 4.78 is 5.17. The predicted molar refractivity (Wildman–Crippen MR) is 86.8 cm³/mol. The second-order valence-corrected chi connectivity index (χ2v) is 5.41. The lowest BCUT2D eigenvalue weighted by molar-refractivity contribution is 0.203. The Balaban J connectivity index is 2.37. The van der Waals surface area contributed by atoms with Gasteiger partial charge in [-0.1, -0.05) is 41.9 Å². The van der Waals surface area contributed by atoms with Gasteiger partial charge in [0, 0.05) is 31.3 Å². The van der Waals surface area contributed by atoms with Gasteiger partial charge in [-0.3, -0.25) is 0 Å². The Kier molecular flexibility index (Phi) is 5.53. The van der Waals surface area contributed by atoms with E-state index >= 15 is 0 Å². The van der Waals surface area contributed by atoms with Crippen molar-refractivity contribution in [2.45, 2.75) is 19.9 Å². The number of hydrogen-bond donors (Lipinski definition) is 0. The Bertz CT molecular complexity index is 575. The third kappa shape index (κ3) is 4.16. The molecule has 21 heavy (non-hydrogen) atoms. The van der Waals surface area contributed by atoms with Crippen molar-refractivity contribution in [3.8, 4) is 11.4 Å². The van der Waals surface area contributed by atoms with Crippen LogP contribution in [0.25, 0.3) is 11.4 Å². The fourth-order valence-electron chi connectivity index (χ4n) is 2.10. The lowest BCUT2D eigenvalue weighted by Gasteiger charge is -2.27. The Morgan fingerprint density at radius 3 is 2.52 bits per heavy atom. The quantitative estimate of drug-likeness (QED) is 0.763. The molecule has 1 heterocycles. The second-order valence-electron chi connectivity index (χ2n) is 5.02. The van der Waals surface area contributed by atoms with E-state index in [1.807, 2.05) is 30.3 Å². The molecule has 0 N–H and O–H groups in total. The summed E-state index contributed by atoms with van der Waals surface area (Å²) >= 11 is 6.17. The van der Waals surface area contributed by atoms with Crippen LogP contribution in [0.5, 0.6) is 0 Å². The van der Waals surface area contributed by atoms with Gasteiger partial charge < -0.3 is 9.64 Å². The van der Waals surface area contributed by atoms with E-state index in [4.69, 9.17) is 16.3 Å². The van der Waals surface area contributed by atoms with Crippen molar-refractivity contribution >= 4 is 17.4 Å². The first-order valence-corrected chi connectivity index (χ1v) is 7.35. The maximum absolute atomic E-state index is 6.17. The highest BCUT2D eigenvalue weighted by Crippen LogP contribution is 2.23. The summed E-state index contributed by atoms with van der Waals surface area (Å²) in [5.74, 6) is 1.46. The van der Waals surface area contributed by atoms with Gasteiger partial charge in [0.05, 0.1) is 6.61 Å². The minimum Gasteiger partial charge on any atom is -0.383 e. The first-order chi connectivity index (χ1) is 10.1. The summed E-state index contributed by atoms with van der Waals surface area (Å²) in [6, 6.07) is 11.9. The number of ether oxygens (including phenoxy) is 1. The molecule has 0 saturated heterocycles. The van der Waals surface area contributed by atoms with Crippen LogP contribution in [0.4, 0.5) is 5.82 Å². The summed E-state index contributed by atoms with van der Waals surface area (Å²) in [6.45, 7) is 5.64. The number of anilines is 1. The van der Waals surface area contributed by atoms with Crippen molar-refractivity contribution in [3.63, 3.8) is 0 Å². The number of aromatic nitrogens is 2. The smallest absolute Gasteiger partial charge is 0.163 e. The monoisotopic (exact) mass is 305 g/mol. The summed E-state index contributed by atoms with van der Waals surface area (Å²) in [5, 5.41) is 0.446. The van der Waals surface area contributed by atoms with Gasteiger partial charge in [0.2, 0.25) is 0 Å². The molecule has 2 rings (SSSR count). The molecule has 112 valence electrons. The van der Waals surface area contributed by atoms with Crippen LogP contribution in [-0.2, 0) is 4.74 Å². The zero-order valence-corrected chi connectivity index (χ0v) is 13.3. The minimum absolute atomic E-state index is 0.301. The van der Waals surface area contributed by atoms with Gasteiger partial charge in [0.15, 0.2) is 5.82 Å². The zero-order valence-electron chi connectivity index (χ0n) is 12.6. The molecule has 2 aromatic rings. The van der Waals surface area contributed by atoms with E-state index in [-0.39, 0.29) is 0 Å². The molecule has 0 aliphatic rings. The van der Waals surface area contributed by atoms with Gasteiger partial charge >= 0.3 is 0 Å². The van der Waals surface area contributed by atoms with Crippen molar-refractivity contribution < 1.29 is 4.74 Å². The van der Waals surface area contributed by atoms with E-state index in [9.17, 15) is 0 Å². The third-order valence-corrected chi connectivity index (χ3v) is 3.36. The van der Waals surface area contributed by atoms with Crippen molar-refractivity contribution in [2.24, 2.45) is 0 Å². The Hall–Kier alpha value is -1.65. The summed E-state index contributed by atoms with van der Waals surface area (Å²) in [6.07, 6.45) is 0. The fourth-order valence-corrected chi connectivity index (χ4v) is 2.27. The van der Waals surface area contributed by atoms with E-state index in [1.165, 1.54) is 0 Å². The maximum atomic E-state index is 6.17. The van der Waals surface area contributed by atoms with Crippen LogP contribution in [0.1, 0.15) is 13.8 Å². The number of rotatable bonds is 6. The van der Waals surface area contributed by atoms with Gasteiger partial charge in [0.25, 0.3) is 0 Å². The highest BCUT2D eigenvalue weighted by atomic mass is 35.5. The van der Waals surface area contributed by atoms with Crippen molar-refractivity contribution in [2.75, 3.05) is 25.2 Å². The Labute approximate surface area is 130 Å². The molecule has 0 fully saturated rings. The molecule has 0 radical (unpaired) electrons. The topological polar surface area (TPSA) is 38.2 Å². The van der Waals surface area contributed by atoms with Gasteiger partial charge in [-0.15, -0.1) is 0 Å². The summed E-state index contributed by atoms with van der Waals surface area (Å²) in [4.78, 5) is 11.1. The average Bonchev–Trinajstić information content (AvgIpc) is 2.48. The zero-order chi connectivity index (χ0) is 15.2. The highest BCUT2D eigenvalue weighted by Gasteiger charge is 2.14. The molecule has 5 heteroatoms. The molecular weight excluding hydrogens is 286 g/mol. The predicted octanol–water partition coefficient (Wildman–Crippen LogP) is 3.66. The Morgan fingerprint density at radius 2 is 1.90 bits per heavy atom. The molecule has 0 unspecified atom stereocenters. The first-order valence-electron chi connectivity index (χ1n) is 6.97. The van der Waals surface area contributed by atoms with Crippen molar-refractivity contribution in [1.82, 2.24) is 9.97 Å². The molecule has 0 amide bonds. The molecule has 0 bridgehead atoms. The molecule has 4 nitrogen and oxygen atoms in total. The number of halogens is 1. The SMILES string of the molecule is COCCN(c1cc(Cl)nc(-c2ccccc2)n1)C(C)C. The van der Waals surface area contributed by atoms with Crippen LogP contribution < -0.4 is 4.90 Å². The summed E-state index contributed by atoms with van der Waals surface area (Å²) in [5.41, 5.74) is 0.955. The maximum Gasteiger partial charge on any atom is 0.163 e. The molecule has 0 saturated carbocycles. The second kappa shape index (κ2) is 7.38. The van der Waals surface area contributed by atoms with Gasteiger partial charge in [0.1, 0.15) is 11.0 Å². The van der Waals surface area contributed by atoms with E-state index in [1.54, 1.807) is 13.2 Å². The molecule has 0 spiro atoms. The molecule has 0 aliphatic heterocycles. The molecular formula is C16H20ClN3O. The largest absolute Gasteiger partial charge is 0.383 e. The van der Waals surface area contributed by atoms with Crippen molar-refractivity contribution in [3.05, 3.63) is 41.6 Å². The van der Waals surface area contributed by atoms with Crippen LogP contribution in [0, 0.1) is 0 Å². The standard InChI is InChI=1S/C16H20ClN3O/c1-12(2)20(9-10-21-3)15-11-14(17)18-16(19-15)13-7-5-4-6-8-13/h4-8,11-12H,9-10H2,1-3H3. The van der Waals surface area contributed by atoms with E-state index < -0.39 is 0 Å². The minimum atomic E-state index is 0.301. The van der Waals surface area contributed by atoms with Gasteiger partial charge in [-0.05, 0) is 13.8 Å². The third-order valence-electron chi connectivity index (χ3n) is 3.17. The number of benzene rings is 1. The Morgan fingerprint density at radius 1 is 1.19 bits per heavy atom. The fraction of sp³-hybridized carbons (Fsp3) is 0.375. The number of hydrogen-bond acceptors (Lipinski definition) is 4. The average molecular weight is 306 g/mol. The van der Waals surface area contributed by atoms with Crippen molar-refractivity contribution in [1.29, 1.82) is 0 Å². The highest BCUT2D eigenvalue weighted by molar-refractivity contribution is 6.29. The van der Waals surface area contributed by atoms with Gasteiger partial charge in [-0.2, -0.15) is 0 Å². The van der Waals surface area contributed by atoms with E-state index in [0.29, 0.717) is 23.6 Å². The van der Waals surface area contributed by atoms with E-state index in [2.05, 4.69) is 28.7 Å². The molecule has 1 aromatic heterocycles. The van der Waals surface area contributed by atoms with Crippen LogP contribution >= 0.6 is 11.6 Å². The lowest BCUT2D eigenvalue weighted by atomic mass is 10.2. The lowest BCUT2D eigenvalue weighted by Crippen LogP contribution is -2.34. The molecule has 0 aliphatic carbocycles. The molecule has 0 atom stereocenters. The first kappa shape index (κ1) is 15.7.